The van der Waals surface area contributed by atoms with Crippen molar-refractivity contribution in [3.63, 3.8) is 0 Å². The number of nitrogens with one attached hydrogen (secondary N) is 1. The Kier molecular flexibility index (Phi) is 8.90. The maximum atomic E-state index is 12.3. The van der Waals surface area contributed by atoms with Crippen molar-refractivity contribution in [2.75, 3.05) is 31.5 Å². The molecule has 0 aliphatic carbocycles. The Morgan fingerprint density at radius 2 is 1.85 bits per heavy atom. The number of thiophene rings is 1. The van der Waals surface area contributed by atoms with Crippen LogP contribution in [0.4, 0.5) is 14.5 Å². The van der Waals surface area contributed by atoms with E-state index in [4.69, 9.17) is 12.2 Å². The van der Waals surface area contributed by atoms with Crippen molar-refractivity contribution in [1.29, 1.82) is 0 Å². The lowest BCUT2D eigenvalue weighted by Crippen LogP contribution is -2.40. The van der Waals surface area contributed by atoms with Crippen molar-refractivity contribution in [2.45, 2.75) is 27.0 Å². The lowest BCUT2D eigenvalue weighted by molar-refractivity contribution is -0.0498. The standard InChI is InChI=1S/C19H25F2N3OS2/c1-3-23(4-2)11-12-24(14-17-6-5-13-27-17)19(26)22-15-7-9-16(10-8-15)25-18(20)21/h5-10,13,18H,3-4,11-12,14H2,1-2H3,(H,22,26). The third-order valence-electron chi connectivity index (χ3n) is 4.13. The van der Waals surface area contributed by atoms with Gasteiger partial charge in [-0.3, -0.25) is 0 Å². The molecule has 0 aliphatic heterocycles. The average molecular weight is 414 g/mol. The van der Waals surface area contributed by atoms with Crippen LogP contribution >= 0.6 is 23.6 Å². The van der Waals surface area contributed by atoms with E-state index in [-0.39, 0.29) is 5.75 Å². The molecule has 0 fully saturated rings. The second-order valence-electron chi connectivity index (χ2n) is 5.86. The fourth-order valence-electron chi connectivity index (χ4n) is 2.57. The van der Waals surface area contributed by atoms with E-state index in [1.54, 1.807) is 23.5 Å². The van der Waals surface area contributed by atoms with Crippen LogP contribution < -0.4 is 10.1 Å². The molecular formula is C19H25F2N3OS2. The van der Waals surface area contributed by atoms with Gasteiger partial charge in [0.05, 0.1) is 6.54 Å². The minimum Gasteiger partial charge on any atom is -0.435 e. The Morgan fingerprint density at radius 3 is 2.41 bits per heavy atom. The smallest absolute Gasteiger partial charge is 0.387 e. The van der Waals surface area contributed by atoms with Gasteiger partial charge in [0.2, 0.25) is 0 Å². The lowest BCUT2D eigenvalue weighted by Gasteiger charge is -2.28. The molecule has 1 aromatic heterocycles. The first kappa shape index (κ1) is 21.5. The van der Waals surface area contributed by atoms with Crippen LogP contribution in [0.25, 0.3) is 0 Å². The third kappa shape index (κ3) is 7.40. The summed E-state index contributed by atoms with van der Waals surface area (Å²) in [6.45, 7) is 5.91. The molecule has 0 spiro atoms. The average Bonchev–Trinajstić information content (AvgIpc) is 3.16. The summed E-state index contributed by atoms with van der Waals surface area (Å²) in [4.78, 5) is 5.71. The molecule has 148 valence electrons. The van der Waals surface area contributed by atoms with Crippen molar-refractivity contribution >= 4 is 34.4 Å². The van der Waals surface area contributed by atoms with Gasteiger partial charge in [-0.25, -0.2) is 0 Å². The predicted octanol–water partition coefficient (Wildman–Crippen LogP) is 4.89. The predicted molar refractivity (Wildman–Crippen MR) is 112 cm³/mol. The van der Waals surface area contributed by atoms with E-state index in [0.29, 0.717) is 5.11 Å². The molecule has 2 aromatic rings. The van der Waals surface area contributed by atoms with Gasteiger partial charge in [0, 0.05) is 23.7 Å². The van der Waals surface area contributed by atoms with Crippen molar-refractivity contribution < 1.29 is 13.5 Å². The normalized spacial score (nSPS) is 11.0. The Hall–Kier alpha value is -1.77. The van der Waals surface area contributed by atoms with Crippen molar-refractivity contribution in [1.82, 2.24) is 9.80 Å². The van der Waals surface area contributed by atoms with E-state index < -0.39 is 6.61 Å². The fraction of sp³-hybridized carbons (Fsp3) is 0.421. The van der Waals surface area contributed by atoms with Crippen LogP contribution in [0.1, 0.15) is 18.7 Å². The van der Waals surface area contributed by atoms with Gasteiger partial charge in [-0.05, 0) is 61.0 Å². The highest BCUT2D eigenvalue weighted by Crippen LogP contribution is 2.19. The summed E-state index contributed by atoms with van der Waals surface area (Å²) in [6.07, 6.45) is 0. The SMILES string of the molecule is CCN(CC)CCN(Cc1cccs1)C(=S)Nc1ccc(OC(F)F)cc1. The highest BCUT2D eigenvalue weighted by molar-refractivity contribution is 7.80. The number of hydrogen-bond acceptors (Lipinski definition) is 4. The van der Waals surface area contributed by atoms with Crippen LogP contribution in [0.15, 0.2) is 41.8 Å². The number of rotatable bonds is 10. The second-order valence-corrected chi connectivity index (χ2v) is 7.28. The molecule has 0 bridgehead atoms. The first-order chi connectivity index (χ1) is 13.0. The monoisotopic (exact) mass is 413 g/mol. The topological polar surface area (TPSA) is 27.7 Å². The summed E-state index contributed by atoms with van der Waals surface area (Å²) in [7, 11) is 0. The number of benzene rings is 1. The van der Waals surface area contributed by atoms with Crippen LogP contribution in [0.5, 0.6) is 5.75 Å². The molecule has 1 aromatic carbocycles. The molecule has 0 unspecified atom stereocenters. The van der Waals surface area contributed by atoms with Crippen LogP contribution in [-0.2, 0) is 6.54 Å². The molecule has 2 rings (SSSR count). The summed E-state index contributed by atoms with van der Waals surface area (Å²) in [5.41, 5.74) is 0.737. The van der Waals surface area contributed by atoms with Gasteiger partial charge in [-0.1, -0.05) is 19.9 Å². The molecule has 0 radical (unpaired) electrons. The number of ether oxygens (including phenoxy) is 1. The van der Waals surface area contributed by atoms with E-state index in [1.165, 1.54) is 17.0 Å². The van der Waals surface area contributed by atoms with E-state index in [9.17, 15) is 8.78 Å². The molecule has 0 aliphatic rings. The second kappa shape index (κ2) is 11.2. The van der Waals surface area contributed by atoms with E-state index in [2.05, 4.69) is 45.1 Å². The number of nitrogens with zero attached hydrogens (tertiary/aromatic N) is 2. The highest BCUT2D eigenvalue weighted by Gasteiger charge is 2.13. The quantitative estimate of drug-likeness (QED) is 0.560. The molecule has 1 N–H and O–H groups in total. The third-order valence-corrected chi connectivity index (χ3v) is 5.35. The number of thiocarbonyl (C=S) groups is 1. The number of hydrogen-bond donors (Lipinski definition) is 1. The Labute approximate surface area is 168 Å². The molecule has 8 heteroatoms. The number of halogens is 2. The molecule has 0 amide bonds. The fourth-order valence-corrected chi connectivity index (χ4v) is 3.56. The van der Waals surface area contributed by atoms with E-state index in [0.717, 1.165) is 38.4 Å². The van der Waals surface area contributed by atoms with Crippen molar-refractivity contribution in [3.8, 4) is 5.75 Å². The number of alkyl halides is 2. The van der Waals surface area contributed by atoms with E-state index in [1.807, 2.05) is 6.07 Å². The van der Waals surface area contributed by atoms with Gasteiger partial charge < -0.3 is 19.9 Å². The lowest BCUT2D eigenvalue weighted by atomic mass is 10.3. The van der Waals surface area contributed by atoms with Crippen LogP contribution in [0.3, 0.4) is 0 Å². The maximum absolute atomic E-state index is 12.3. The van der Waals surface area contributed by atoms with E-state index >= 15 is 0 Å². The Bertz CT molecular complexity index is 677. The molecule has 0 saturated carbocycles. The minimum absolute atomic E-state index is 0.124. The summed E-state index contributed by atoms with van der Waals surface area (Å²) in [6, 6.07) is 10.5. The Morgan fingerprint density at radius 1 is 1.15 bits per heavy atom. The zero-order valence-electron chi connectivity index (χ0n) is 15.5. The maximum Gasteiger partial charge on any atom is 0.387 e. The summed E-state index contributed by atoms with van der Waals surface area (Å²) < 4.78 is 28.9. The number of anilines is 1. The highest BCUT2D eigenvalue weighted by atomic mass is 32.1. The first-order valence-electron chi connectivity index (χ1n) is 8.87. The van der Waals surface area contributed by atoms with Crippen LogP contribution in [0, 0.1) is 0 Å². The van der Waals surface area contributed by atoms with Gasteiger partial charge in [0.25, 0.3) is 0 Å². The molecule has 0 saturated heterocycles. The molecular weight excluding hydrogens is 388 g/mol. The summed E-state index contributed by atoms with van der Waals surface area (Å²) in [5.74, 6) is 0.124. The van der Waals surface area contributed by atoms with Crippen molar-refractivity contribution in [3.05, 3.63) is 46.7 Å². The number of likely N-dealkylation sites (N-methyl/N-ethyl adjacent to an activating group) is 1. The zero-order valence-corrected chi connectivity index (χ0v) is 17.2. The van der Waals surface area contributed by atoms with Gasteiger partial charge >= 0.3 is 6.61 Å². The van der Waals surface area contributed by atoms with Gasteiger partial charge in [0.1, 0.15) is 5.75 Å². The molecule has 4 nitrogen and oxygen atoms in total. The first-order valence-corrected chi connectivity index (χ1v) is 10.2. The summed E-state index contributed by atoms with van der Waals surface area (Å²) in [5, 5.41) is 5.86. The van der Waals surface area contributed by atoms with Gasteiger partial charge in [-0.15, -0.1) is 11.3 Å². The zero-order chi connectivity index (χ0) is 19.6. The largest absolute Gasteiger partial charge is 0.435 e. The molecule has 0 atom stereocenters. The van der Waals surface area contributed by atoms with Crippen LogP contribution in [0.2, 0.25) is 0 Å². The molecule has 1 heterocycles. The van der Waals surface area contributed by atoms with Crippen LogP contribution in [-0.4, -0.2) is 47.7 Å². The minimum atomic E-state index is -2.83. The Balaban J connectivity index is 2.01. The van der Waals surface area contributed by atoms with Gasteiger partial charge in [0.15, 0.2) is 5.11 Å². The molecule has 27 heavy (non-hydrogen) atoms. The summed E-state index contributed by atoms with van der Waals surface area (Å²) >= 11 is 7.31. The van der Waals surface area contributed by atoms with Gasteiger partial charge in [-0.2, -0.15) is 8.78 Å². The van der Waals surface area contributed by atoms with Crippen molar-refractivity contribution in [2.24, 2.45) is 0 Å².